The van der Waals surface area contributed by atoms with Crippen LogP contribution in [0.25, 0.3) is 0 Å². The molecule has 5 nitrogen and oxygen atoms in total. The lowest BCUT2D eigenvalue weighted by atomic mass is 10.1. The lowest BCUT2D eigenvalue weighted by molar-refractivity contribution is 0.601. The van der Waals surface area contributed by atoms with Gasteiger partial charge in [-0.3, -0.25) is 4.72 Å². The summed E-state index contributed by atoms with van der Waals surface area (Å²) in [4.78, 5) is 4.09. The minimum absolute atomic E-state index is 0.198. The SMILES string of the molecule is Cc1ccc(S(=O)(=O)Nc2nccs2)cc1CN. The van der Waals surface area contributed by atoms with Crippen LogP contribution in [0.3, 0.4) is 0 Å². The molecule has 1 heterocycles. The Labute approximate surface area is 110 Å². The number of nitrogens with two attached hydrogens (primary N) is 1. The molecule has 0 bridgehead atoms. The van der Waals surface area contributed by atoms with E-state index in [-0.39, 0.29) is 4.90 Å². The molecule has 0 fully saturated rings. The summed E-state index contributed by atoms with van der Waals surface area (Å²) in [5, 5.41) is 2.06. The van der Waals surface area contributed by atoms with E-state index in [1.807, 2.05) is 6.92 Å². The van der Waals surface area contributed by atoms with Crippen molar-refractivity contribution < 1.29 is 8.42 Å². The summed E-state index contributed by atoms with van der Waals surface area (Å²) in [5.41, 5.74) is 7.37. The third-order valence-corrected chi connectivity index (χ3v) is 4.66. The van der Waals surface area contributed by atoms with Crippen LogP contribution in [-0.2, 0) is 16.6 Å². The summed E-state index contributed by atoms with van der Waals surface area (Å²) in [6, 6.07) is 4.90. The summed E-state index contributed by atoms with van der Waals surface area (Å²) in [6.07, 6.45) is 1.54. The minimum atomic E-state index is -3.59. The third kappa shape index (κ3) is 2.69. The van der Waals surface area contributed by atoms with E-state index in [0.717, 1.165) is 11.1 Å². The van der Waals surface area contributed by atoms with Crippen LogP contribution in [0.5, 0.6) is 0 Å². The second kappa shape index (κ2) is 5.05. The fourth-order valence-electron chi connectivity index (χ4n) is 1.48. The summed E-state index contributed by atoms with van der Waals surface area (Å²) in [6.45, 7) is 2.21. The zero-order valence-electron chi connectivity index (χ0n) is 9.75. The Hall–Kier alpha value is -1.44. The molecule has 0 aliphatic carbocycles. The first-order valence-corrected chi connectivity index (χ1v) is 7.61. The predicted octanol–water partition coefficient (Wildman–Crippen LogP) is 1.71. The molecule has 2 aromatic rings. The number of aryl methyl sites for hydroxylation is 1. The first-order valence-electron chi connectivity index (χ1n) is 5.25. The van der Waals surface area contributed by atoms with Crippen LogP contribution in [-0.4, -0.2) is 13.4 Å². The van der Waals surface area contributed by atoms with Crippen molar-refractivity contribution in [2.75, 3.05) is 4.72 Å². The molecule has 0 aliphatic heterocycles. The second-order valence-corrected chi connectivity index (χ2v) is 6.31. The van der Waals surface area contributed by atoms with E-state index in [4.69, 9.17) is 5.73 Å². The lowest BCUT2D eigenvalue weighted by Crippen LogP contribution is -2.13. The molecular formula is C11H13N3O2S2. The maximum Gasteiger partial charge on any atom is 0.263 e. The van der Waals surface area contributed by atoms with E-state index in [1.54, 1.807) is 29.8 Å². The Bertz CT molecular complexity index is 636. The van der Waals surface area contributed by atoms with Gasteiger partial charge in [0.1, 0.15) is 0 Å². The van der Waals surface area contributed by atoms with Gasteiger partial charge in [0.2, 0.25) is 0 Å². The quantitative estimate of drug-likeness (QED) is 0.894. The molecule has 0 atom stereocenters. The molecule has 0 saturated carbocycles. The molecule has 0 radical (unpaired) electrons. The van der Waals surface area contributed by atoms with Gasteiger partial charge in [-0.15, -0.1) is 11.3 Å². The van der Waals surface area contributed by atoms with Gasteiger partial charge in [-0.25, -0.2) is 13.4 Å². The van der Waals surface area contributed by atoms with Gasteiger partial charge >= 0.3 is 0 Å². The zero-order chi connectivity index (χ0) is 13.2. The molecule has 7 heteroatoms. The van der Waals surface area contributed by atoms with E-state index in [9.17, 15) is 8.42 Å². The van der Waals surface area contributed by atoms with Crippen molar-refractivity contribution in [3.63, 3.8) is 0 Å². The maximum atomic E-state index is 12.1. The van der Waals surface area contributed by atoms with E-state index < -0.39 is 10.0 Å². The number of aromatic nitrogens is 1. The van der Waals surface area contributed by atoms with Gasteiger partial charge in [0.25, 0.3) is 10.0 Å². The van der Waals surface area contributed by atoms with Crippen LogP contribution < -0.4 is 10.5 Å². The van der Waals surface area contributed by atoms with Crippen molar-refractivity contribution in [3.05, 3.63) is 40.9 Å². The molecule has 18 heavy (non-hydrogen) atoms. The normalized spacial score (nSPS) is 11.4. The van der Waals surface area contributed by atoms with Crippen molar-refractivity contribution >= 4 is 26.5 Å². The van der Waals surface area contributed by atoms with Crippen LogP contribution in [0.2, 0.25) is 0 Å². The van der Waals surface area contributed by atoms with E-state index >= 15 is 0 Å². The van der Waals surface area contributed by atoms with Gasteiger partial charge in [-0.2, -0.15) is 0 Å². The molecule has 0 amide bonds. The number of nitrogens with zero attached hydrogens (tertiary/aromatic N) is 1. The van der Waals surface area contributed by atoms with Gasteiger partial charge in [0.05, 0.1) is 4.90 Å². The molecular weight excluding hydrogens is 270 g/mol. The van der Waals surface area contributed by atoms with Gasteiger partial charge in [0.15, 0.2) is 5.13 Å². The molecule has 96 valence electrons. The fourth-order valence-corrected chi connectivity index (χ4v) is 3.32. The maximum absolute atomic E-state index is 12.1. The summed E-state index contributed by atoms with van der Waals surface area (Å²) in [7, 11) is -3.59. The third-order valence-electron chi connectivity index (χ3n) is 2.50. The molecule has 0 aliphatic rings. The van der Waals surface area contributed by atoms with Crippen molar-refractivity contribution in [2.45, 2.75) is 18.4 Å². The Morgan fingerprint density at radius 3 is 2.83 bits per heavy atom. The highest BCUT2D eigenvalue weighted by Gasteiger charge is 2.16. The molecule has 2 rings (SSSR count). The van der Waals surface area contributed by atoms with Crippen molar-refractivity contribution in [2.24, 2.45) is 5.73 Å². The predicted molar refractivity (Wildman–Crippen MR) is 72.0 cm³/mol. The molecule has 0 spiro atoms. The number of rotatable bonds is 4. The average Bonchev–Trinajstić information content (AvgIpc) is 2.81. The molecule has 3 N–H and O–H groups in total. The standard InChI is InChI=1S/C11H13N3O2S2/c1-8-2-3-10(6-9(8)7-12)18(15,16)14-11-13-4-5-17-11/h2-6H,7,12H2,1H3,(H,13,14). The highest BCUT2D eigenvalue weighted by molar-refractivity contribution is 7.93. The van der Waals surface area contributed by atoms with Gasteiger partial charge in [0, 0.05) is 18.1 Å². The zero-order valence-corrected chi connectivity index (χ0v) is 11.4. The van der Waals surface area contributed by atoms with Crippen molar-refractivity contribution in [1.29, 1.82) is 0 Å². The lowest BCUT2D eigenvalue weighted by Gasteiger charge is -2.08. The molecule has 0 saturated heterocycles. The first-order chi connectivity index (χ1) is 8.53. The average molecular weight is 283 g/mol. The number of thiazole rings is 1. The molecule has 0 unspecified atom stereocenters. The number of hydrogen-bond donors (Lipinski definition) is 2. The van der Waals surface area contributed by atoms with Crippen molar-refractivity contribution in [3.8, 4) is 0 Å². The van der Waals surface area contributed by atoms with Crippen LogP contribution >= 0.6 is 11.3 Å². The van der Waals surface area contributed by atoms with Gasteiger partial charge < -0.3 is 5.73 Å². The Balaban J connectivity index is 2.35. The van der Waals surface area contributed by atoms with Crippen LogP contribution in [0.4, 0.5) is 5.13 Å². The summed E-state index contributed by atoms with van der Waals surface area (Å²) in [5.74, 6) is 0. The smallest absolute Gasteiger partial charge is 0.263 e. The highest BCUT2D eigenvalue weighted by Crippen LogP contribution is 2.20. The number of hydrogen-bond acceptors (Lipinski definition) is 5. The molecule has 1 aromatic carbocycles. The Morgan fingerprint density at radius 1 is 1.44 bits per heavy atom. The van der Waals surface area contributed by atoms with E-state index in [1.165, 1.54) is 11.3 Å². The highest BCUT2D eigenvalue weighted by atomic mass is 32.2. The monoisotopic (exact) mass is 283 g/mol. The van der Waals surface area contributed by atoms with Crippen LogP contribution in [0, 0.1) is 6.92 Å². The topological polar surface area (TPSA) is 85.1 Å². The summed E-state index contributed by atoms with van der Waals surface area (Å²) >= 11 is 1.23. The molecule has 1 aromatic heterocycles. The number of benzene rings is 1. The van der Waals surface area contributed by atoms with E-state index in [0.29, 0.717) is 11.7 Å². The minimum Gasteiger partial charge on any atom is -0.326 e. The largest absolute Gasteiger partial charge is 0.326 e. The van der Waals surface area contributed by atoms with Crippen LogP contribution in [0.1, 0.15) is 11.1 Å². The van der Waals surface area contributed by atoms with Crippen molar-refractivity contribution in [1.82, 2.24) is 4.98 Å². The van der Waals surface area contributed by atoms with E-state index in [2.05, 4.69) is 9.71 Å². The first kappa shape index (κ1) is 13.0. The number of nitrogens with one attached hydrogen (secondary N) is 1. The van der Waals surface area contributed by atoms with Gasteiger partial charge in [-0.05, 0) is 30.2 Å². The van der Waals surface area contributed by atoms with Crippen LogP contribution in [0.15, 0.2) is 34.7 Å². The number of anilines is 1. The van der Waals surface area contributed by atoms with Gasteiger partial charge in [-0.1, -0.05) is 6.07 Å². The fraction of sp³-hybridized carbons (Fsp3) is 0.182. The Morgan fingerprint density at radius 2 is 2.22 bits per heavy atom. The second-order valence-electron chi connectivity index (χ2n) is 3.74. The Kier molecular flexibility index (Phi) is 3.65. The number of sulfonamides is 1. The summed E-state index contributed by atoms with van der Waals surface area (Å²) < 4.78 is 26.6.